The van der Waals surface area contributed by atoms with Crippen molar-refractivity contribution in [3.63, 3.8) is 0 Å². The molecule has 9 nitrogen and oxygen atoms in total. The first-order valence-corrected chi connectivity index (χ1v) is 10.3. The van der Waals surface area contributed by atoms with Gasteiger partial charge in [-0.1, -0.05) is 16.3 Å². The predicted octanol–water partition coefficient (Wildman–Crippen LogP) is 2.72. The molecule has 5 heterocycles. The molecule has 158 valence electrons. The predicted molar refractivity (Wildman–Crippen MR) is 109 cm³/mol. The van der Waals surface area contributed by atoms with Crippen LogP contribution in [-0.4, -0.2) is 62.0 Å². The Kier molecular flexibility index (Phi) is 4.70. The fourth-order valence-corrected chi connectivity index (χ4v) is 4.03. The lowest BCUT2D eigenvalue weighted by atomic mass is 9.88. The van der Waals surface area contributed by atoms with Gasteiger partial charge in [-0.3, -0.25) is 0 Å². The second-order valence-electron chi connectivity index (χ2n) is 7.86. The maximum atomic E-state index is 14.9. The van der Waals surface area contributed by atoms with Crippen LogP contribution in [0, 0.1) is 5.92 Å². The molecule has 30 heavy (non-hydrogen) atoms. The third kappa shape index (κ3) is 3.33. The fourth-order valence-electron chi connectivity index (χ4n) is 3.81. The number of nitrogens with one attached hydrogen (secondary N) is 1. The number of aromatic nitrogens is 4. The number of fused-ring (bicyclic) bond motifs is 2. The Morgan fingerprint density at radius 2 is 2.30 bits per heavy atom. The van der Waals surface area contributed by atoms with E-state index >= 15 is 0 Å². The van der Waals surface area contributed by atoms with E-state index in [0.717, 1.165) is 5.70 Å². The molecule has 3 aliphatic rings. The number of halogens is 2. The zero-order valence-electron chi connectivity index (χ0n) is 16.7. The Morgan fingerprint density at radius 1 is 1.43 bits per heavy atom. The van der Waals surface area contributed by atoms with Gasteiger partial charge < -0.3 is 14.8 Å². The number of hydrogen-bond donors (Lipinski definition) is 1. The standard InChI is InChI=1S/C19H22ClFN7O2/c1-11-14-17(26-28(11)9-12-4-7-29-10-19(12,2)21)30-6-3-5-27-16-13(15(20)25-27)8-22-18(23-14)24-16/h8-9,12H,3-7,10H2,1-2H3,(H,22,23,24)/q+1/b28-9-/t12?,19-/m1/s1. The average Bonchev–Trinajstić information content (AvgIpc) is 3.17. The van der Waals surface area contributed by atoms with E-state index in [0.29, 0.717) is 66.3 Å². The molecule has 0 amide bonds. The van der Waals surface area contributed by atoms with Gasteiger partial charge in [-0.05, 0) is 13.3 Å². The summed E-state index contributed by atoms with van der Waals surface area (Å²) in [7, 11) is 0. The first-order valence-electron chi connectivity index (χ1n) is 9.92. The Labute approximate surface area is 177 Å². The smallest absolute Gasteiger partial charge is 0.310 e. The second kappa shape index (κ2) is 7.28. The van der Waals surface area contributed by atoms with Crippen molar-refractivity contribution in [2.24, 2.45) is 11.0 Å². The molecular formula is C19H22ClFN7O2+. The Balaban J connectivity index is 1.53. The van der Waals surface area contributed by atoms with Gasteiger partial charge in [0.15, 0.2) is 22.7 Å². The minimum Gasteiger partial charge on any atom is -0.472 e. The van der Waals surface area contributed by atoms with Crippen molar-refractivity contribution in [2.45, 2.75) is 38.9 Å². The van der Waals surface area contributed by atoms with Crippen molar-refractivity contribution in [1.29, 1.82) is 0 Å². The third-order valence-electron chi connectivity index (χ3n) is 5.60. The summed E-state index contributed by atoms with van der Waals surface area (Å²) in [6.45, 7) is 5.10. The van der Waals surface area contributed by atoms with E-state index in [1.807, 2.05) is 6.92 Å². The summed E-state index contributed by atoms with van der Waals surface area (Å²) in [6, 6.07) is 0. The first-order chi connectivity index (χ1) is 14.4. The molecule has 2 aromatic heterocycles. The fraction of sp³-hybridized carbons (Fsp3) is 0.526. The number of alkyl halides is 1. The van der Waals surface area contributed by atoms with E-state index in [-0.39, 0.29) is 12.5 Å². The van der Waals surface area contributed by atoms with Crippen molar-refractivity contribution in [1.82, 2.24) is 19.7 Å². The number of aryl methyl sites for hydroxylation is 1. The number of hydrazone groups is 1. The van der Waals surface area contributed by atoms with E-state index in [1.165, 1.54) is 0 Å². The van der Waals surface area contributed by atoms with Crippen molar-refractivity contribution >= 4 is 40.7 Å². The molecule has 5 rings (SSSR count). The minimum absolute atomic E-state index is 0.0764. The lowest BCUT2D eigenvalue weighted by molar-refractivity contribution is -0.477. The molecule has 0 radical (unpaired) electrons. The average molecular weight is 435 g/mol. The van der Waals surface area contributed by atoms with E-state index < -0.39 is 5.67 Å². The van der Waals surface area contributed by atoms with Crippen LogP contribution in [0.1, 0.15) is 26.7 Å². The van der Waals surface area contributed by atoms with Crippen molar-refractivity contribution in [2.75, 3.05) is 25.1 Å². The highest BCUT2D eigenvalue weighted by Gasteiger charge is 2.41. The molecular weight excluding hydrogens is 413 g/mol. The summed E-state index contributed by atoms with van der Waals surface area (Å²) in [6.07, 6.45) is 4.75. The van der Waals surface area contributed by atoms with Crippen LogP contribution in [0.2, 0.25) is 5.15 Å². The quantitative estimate of drug-likeness (QED) is 0.694. The molecule has 1 fully saturated rings. The van der Waals surface area contributed by atoms with Gasteiger partial charge in [0.25, 0.3) is 0 Å². The van der Waals surface area contributed by atoms with Gasteiger partial charge in [0.1, 0.15) is 5.67 Å². The lowest BCUT2D eigenvalue weighted by Gasteiger charge is -2.30. The highest BCUT2D eigenvalue weighted by Crippen LogP contribution is 2.30. The molecule has 11 heteroatoms. The molecule has 0 spiro atoms. The zero-order chi connectivity index (χ0) is 20.9. The van der Waals surface area contributed by atoms with Gasteiger partial charge in [0.05, 0.1) is 24.5 Å². The highest BCUT2D eigenvalue weighted by atomic mass is 35.5. The maximum absolute atomic E-state index is 14.9. The Bertz CT molecular complexity index is 1110. The molecule has 1 N–H and O–H groups in total. The van der Waals surface area contributed by atoms with E-state index in [1.54, 1.807) is 28.7 Å². The SMILES string of the molecule is CC1=C2Nc3ncc4c(Cl)nn(c4n3)CCCOC2=N/[N+]1=C\C1CCOC[C@@]1(C)F. The number of rotatable bonds is 1. The normalized spacial score (nSPS) is 28.2. The van der Waals surface area contributed by atoms with Gasteiger partial charge in [0.2, 0.25) is 11.6 Å². The number of ether oxygens (including phenoxy) is 2. The summed E-state index contributed by atoms with van der Waals surface area (Å²) in [5.74, 6) is 0.502. The number of nitrogens with zero attached hydrogens (tertiary/aromatic N) is 6. The third-order valence-corrected chi connectivity index (χ3v) is 5.88. The summed E-state index contributed by atoms with van der Waals surface area (Å²) in [5.41, 5.74) is 0.643. The van der Waals surface area contributed by atoms with Gasteiger partial charge in [-0.2, -0.15) is 10.1 Å². The van der Waals surface area contributed by atoms with Crippen molar-refractivity contribution in [3.8, 4) is 0 Å². The van der Waals surface area contributed by atoms with Crippen LogP contribution in [0.5, 0.6) is 0 Å². The molecule has 2 atom stereocenters. The van der Waals surface area contributed by atoms with Crippen molar-refractivity contribution < 1.29 is 18.5 Å². The summed E-state index contributed by atoms with van der Waals surface area (Å²) in [4.78, 5) is 8.94. The van der Waals surface area contributed by atoms with Crippen LogP contribution in [0.3, 0.4) is 0 Å². The van der Waals surface area contributed by atoms with Crippen LogP contribution in [0.15, 0.2) is 22.7 Å². The zero-order valence-corrected chi connectivity index (χ0v) is 17.5. The van der Waals surface area contributed by atoms with E-state index in [2.05, 4.69) is 25.5 Å². The molecule has 1 unspecified atom stereocenters. The van der Waals surface area contributed by atoms with Crippen LogP contribution >= 0.6 is 11.6 Å². The Morgan fingerprint density at radius 3 is 3.13 bits per heavy atom. The van der Waals surface area contributed by atoms with E-state index in [9.17, 15) is 4.39 Å². The maximum Gasteiger partial charge on any atom is 0.310 e. The molecule has 3 aliphatic heterocycles. The van der Waals surface area contributed by atoms with Crippen molar-refractivity contribution in [3.05, 3.63) is 22.7 Å². The van der Waals surface area contributed by atoms with Crippen LogP contribution < -0.4 is 5.32 Å². The number of allylic oxidation sites excluding steroid dienone is 1. The monoisotopic (exact) mass is 434 g/mol. The van der Waals surface area contributed by atoms with E-state index in [4.69, 9.17) is 21.1 Å². The number of anilines is 1. The molecule has 2 bridgehead atoms. The molecule has 0 saturated carbocycles. The van der Waals surface area contributed by atoms with Gasteiger partial charge in [0, 0.05) is 37.8 Å². The first kappa shape index (κ1) is 19.4. The lowest BCUT2D eigenvalue weighted by Crippen LogP contribution is -2.42. The largest absolute Gasteiger partial charge is 0.472 e. The second-order valence-corrected chi connectivity index (χ2v) is 8.21. The summed E-state index contributed by atoms with van der Waals surface area (Å²) < 4.78 is 29.5. The Hall–Kier alpha value is -2.59. The highest BCUT2D eigenvalue weighted by molar-refractivity contribution is 6.34. The minimum atomic E-state index is -1.45. The topological polar surface area (TPSA) is 89.5 Å². The summed E-state index contributed by atoms with van der Waals surface area (Å²) in [5, 5.41) is 13.2. The molecule has 2 aromatic rings. The van der Waals surface area contributed by atoms with Crippen LogP contribution in [-0.2, 0) is 16.0 Å². The van der Waals surface area contributed by atoms with Crippen LogP contribution in [0.4, 0.5) is 10.3 Å². The number of hydrogen-bond acceptors (Lipinski definition) is 7. The van der Waals surface area contributed by atoms with Gasteiger partial charge in [-0.15, -0.1) is 0 Å². The summed E-state index contributed by atoms with van der Waals surface area (Å²) >= 11 is 6.20. The van der Waals surface area contributed by atoms with Gasteiger partial charge in [-0.25, -0.2) is 14.1 Å². The van der Waals surface area contributed by atoms with Gasteiger partial charge >= 0.3 is 5.90 Å². The van der Waals surface area contributed by atoms with Crippen LogP contribution in [0.25, 0.3) is 11.0 Å². The molecule has 0 aromatic carbocycles. The molecule has 0 aliphatic carbocycles. The molecule has 1 saturated heterocycles.